The maximum Gasteiger partial charge on any atom is 0.247 e. The Kier molecular flexibility index (Phi) is 3.38. The van der Waals surface area contributed by atoms with Crippen LogP contribution in [0.5, 0.6) is 0 Å². The fraction of sp³-hybridized carbons (Fsp3) is 0.750. The van der Waals surface area contributed by atoms with Gasteiger partial charge in [-0.25, -0.2) is 4.68 Å². The fourth-order valence-electron chi connectivity index (χ4n) is 2.11. The van der Waals surface area contributed by atoms with Gasteiger partial charge in [0.25, 0.3) is 0 Å². The highest BCUT2D eigenvalue weighted by Crippen LogP contribution is 2.22. The minimum atomic E-state index is -0.767. The number of nitrogens with zero attached hydrogens (tertiary/aromatic N) is 4. The van der Waals surface area contributed by atoms with Crippen LogP contribution in [0.4, 0.5) is 0 Å². The van der Waals surface area contributed by atoms with Crippen molar-refractivity contribution in [2.24, 2.45) is 0 Å². The Balaban J connectivity index is 2.09. The number of aromatic nitrogens is 3. The van der Waals surface area contributed by atoms with Gasteiger partial charge in [-0.2, -0.15) is 0 Å². The van der Waals surface area contributed by atoms with Gasteiger partial charge in [-0.1, -0.05) is 12.1 Å². The van der Waals surface area contributed by atoms with Crippen LogP contribution in [0.15, 0.2) is 6.20 Å². The zero-order valence-electron chi connectivity index (χ0n) is 11.1. The van der Waals surface area contributed by atoms with E-state index in [0.29, 0.717) is 12.8 Å². The van der Waals surface area contributed by atoms with E-state index in [4.69, 9.17) is 0 Å². The lowest BCUT2D eigenvalue weighted by molar-refractivity contribution is -0.129. The quantitative estimate of drug-likeness (QED) is 0.841. The minimum Gasteiger partial charge on any atom is -0.390 e. The van der Waals surface area contributed by atoms with Gasteiger partial charge in [-0.3, -0.25) is 4.79 Å². The summed E-state index contributed by atoms with van der Waals surface area (Å²) in [5.41, 5.74) is -0.0404. The van der Waals surface area contributed by atoms with Gasteiger partial charge in [0.1, 0.15) is 6.04 Å². The summed E-state index contributed by atoms with van der Waals surface area (Å²) in [5.74, 6) is 0.0775. The molecule has 0 saturated carbocycles. The zero-order chi connectivity index (χ0) is 13.3. The average molecular weight is 252 g/mol. The molecule has 6 nitrogen and oxygen atoms in total. The second kappa shape index (κ2) is 4.68. The number of amides is 1. The largest absolute Gasteiger partial charge is 0.390 e. The summed E-state index contributed by atoms with van der Waals surface area (Å²) in [5, 5.41) is 18.0. The molecule has 0 bridgehead atoms. The zero-order valence-corrected chi connectivity index (χ0v) is 11.1. The van der Waals surface area contributed by atoms with Crippen molar-refractivity contribution in [3.8, 4) is 0 Å². The molecular weight excluding hydrogens is 232 g/mol. The lowest BCUT2D eigenvalue weighted by Gasteiger charge is -2.19. The second-order valence-corrected chi connectivity index (χ2v) is 5.28. The number of likely N-dealkylation sites (N-methyl/N-ethyl adjacent to an activating group) is 1. The van der Waals surface area contributed by atoms with Crippen LogP contribution in [-0.2, 0) is 11.2 Å². The third-order valence-corrected chi connectivity index (χ3v) is 3.60. The molecule has 2 heterocycles. The Morgan fingerprint density at radius 2 is 2.33 bits per heavy atom. The van der Waals surface area contributed by atoms with E-state index in [-0.39, 0.29) is 11.9 Å². The Bertz CT molecular complexity index is 441. The molecule has 2 atom stereocenters. The summed E-state index contributed by atoms with van der Waals surface area (Å²) in [7, 11) is 1.79. The molecule has 1 fully saturated rings. The third kappa shape index (κ3) is 2.53. The second-order valence-electron chi connectivity index (χ2n) is 5.28. The van der Waals surface area contributed by atoms with E-state index >= 15 is 0 Å². The molecular formula is C12H20N4O2. The van der Waals surface area contributed by atoms with Gasteiger partial charge in [0.05, 0.1) is 11.3 Å². The van der Waals surface area contributed by atoms with Crippen LogP contribution >= 0.6 is 0 Å². The number of likely N-dealkylation sites (tertiary alicyclic amines) is 1. The highest BCUT2D eigenvalue weighted by atomic mass is 16.3. The van der Waals surface area contributed by atoms with Crippen LogP contribution in [0.25, 0.3) is 0 Å². The van der Waals surface area contributed by atoms with E-state index in [2.05, 4.69) is 10.3 Å². The Morgan fingerprint density at radius 1 is 1.61 bits per heavy atom. The summed E-state index contributed by atoms with van der Waals surface area (Å²) in [4.78, 5) is 13.5. The summed E-state index contributed by atoms with van der Waals surface area (Å²) in [6.07, 6.45) is 3.65. The molecule has 1 aromatic heterocycles. The van der Waals surface area contributed by atoms with Crippen molar-refractivity contribution in [3.05, 3.63) is 11.9 Å². The van der Waals surface area contributed by atoms with Crippen molar-refractivity contribution < 1.29 is 9.90 Å². The number of aliphatic hydroxyl groups is 1. The van der Waals surface area contributed by atoms with Crippen LogP contribution in [-0.4, -0.2) is 50.1 Å². The van der Waals surface area contributed by atoms with Gasteiger partial charge in [-0.15, -0.1) is 5.10 Å². The van der Waals surface area contributed by atoms with E-state index in [0.717, 1.165) is 18.7 Å². The molecule has 1 aliphatic heterocycles. The monoisotopic (exact) mass is 252 g/mol. The van der Waals surface area contributed by atoms with E-state index in [1.165, 1.54) is 0 Å². The molecule has 0 spiro atoms. The van der Waals surface area contributed by atoms with E-state index < -0.39 is 5.60 Å². The van der Waals surface area contributed by atoms with Crippen molar-refractivity contribution in [1.29, 1.82) is 0 Å². The molecule has 1 N–H and O–H groups in total. The van der Waals surface area contributed by atoms with Gasteiger partial charge < -0.3 is 10.0 Å². The number of carbonyl (C=O) groups is 1. The van der Waals surface area contributed by atoms with Crippen molar-refractivity contribution in [3.63, 3.8) is 0 Å². The predicted octanol–water partition coefficient (Wildman–Crippen LogP) is 0.385. The number of rotatable bonds is 4. The fourth-order valence-corrected chi connectivity index (χ4v) is 2.11. The SMILES string of the molecule is CCC(C)(O)Cc1cn(C2CCN(C)C2=O)nn1. The Morgan fingerprint density at radius 3 is 2.89 bits per heavy atom. The van der Waals surface area contributed by atoms with Gasteiger partial charge >= 0.3 is 0 Å². The van der Waals surface area contributed by atoms with Crippen LogP contribution in [0.3, 0.4) is 0 Å². The first-order chi connectivity index (χ1) is 8.43. The Labute approximate surface area is 107 Å². The topological polar surface area (TPSA) is 71.2 Å². The van der Waals surface area contributed by atoms with E-state index in [9.17, 15) is 9.90 Å². The first kappa shape index (κ1) is 13.0. The number of carbonyl (C=O) groups excluding carboxylic acids is 1. The lowest BCUT2D eigenvalue weighted by atomic mass is 9.98. The standard InChI is InChI=1S/C12H20N4O2/c1-4-12(2,18)7-9-8-16(14-13-9)10-5-6-15(3)11(10)17/h8,10,18H,4-7H2,1-3H3. The molecule has 2 unspecified atom stereocenters. The maximum absolute atomic E-state index is 11.8. The third-order valence-electron chi connectivity index (χ3n) is 3.60. The summed E-state index contributed by atoms with van der Waals surface area (Å²) in [6, 6.07) is -0.233. The van der Waals surface area contributed by atoms with E-state index in [1.54, 1.807) is 29.7 Å². The van der Waals surface area contributed by atoms with Crippen molar-refractivity contribution in [2.75, 3.05) is 13.6 Å². The highest BCUT2D eigenvalue weighted by molar-refractivity contribution is 5.82. The summed E-state index contributed by atoms with van der Waals surface area (Å²) < 4.78 is 1.62. The highest BCUT2D eigenvalue weighted by Gasteiger charge is 2.31. The summed E-state index contributed by atoms with van der Waals surface area (Å²) >= 11 is 0. The first-order valence-corrected chi connectivity index (χ1v) is 6.31. The molecule has 100 valence electrons. The average Bonchev–Trinajstić information content (AvgIpc) is 2.88. The van der Waals surface area contributed by atoms with Crippen molar-refractivity contribution in [2.45, 2.75) is 44.8 Å². The molecule has 1 aromatic rings. The Hall–Kier alpha value is -1.43. The molecule has 0 aromatic carbocycles. The van der Waals surface area contributed by atoms with Gasteiger partial charge in [-0.05, 0) is 19.8 Å². The maximum atomic E-state index is 11.8. The molecule has 6 heteroatoms. The predicted molar refractivity (Wildman–Crippen MR) is 65.9 cm³/mol. The lowest BCUT2D eigenvalue weighted by Crippen LogP contribution is -2.26. The molecule has 18 heavy (non-hydrogen) atoms. The van der Waals surface area contributed by atoms with Gasteiger partial charge in [0.15, 0.2) is 0 Å². The minimum absolute atomic E-state index is 0.0775. The first-order valence-electron chi connectivity index (χ1n) is 6.31. The molecule has 0 radical (unpaired) electrons. The number of hydrogen-bond acceptors (Lipinski definition) is 4. The smallest absolute Gasteiger partial charge is 0.247 e. The van der Waals surface area contributed by atoms with E-state index in [1.807, 2.05) is 6.92 Å². The van der Waals surface area contributed by atoms with Crippen LogP contribution in [0.2, 0.25) is 0 Å². The van der Waals surface area contributed by atoms with Crippen LogP contribution in [0, 0.1) is 0 Å². The molecule has 2 rings (SSSR count). The van der Waals surface area contributed by atoms with Crippen molar-refractivity contribution >= 4 is 5.91 Å². The van der Waals surface area contributed by atoms with Gasteiger partial charge in [0, 0.05) is 26.2 Å². The van der Waals surface area contributed by atoms with Gasteiger partial charge in [0.2, 0.25) is 5.91 Å². The molecule has 1 amide bonds. The normalized spacial score (nSPS) is 23.4. The molecule has 0 aliphatic carbocycles. The molecule has 1 saturated heterocycles. The van der Waals surface area contributed by atoms with Crippen LogP contribution in [0.1, 0.15) is 38.4 Å². The van der Waals surface area contributed by atoms with Crippen molar-refractivity contribution in [1.82, 2.24) is 19.9 Å². The summed E-state index contributed by atoms with van der Waals surface area (Å²) in [6.45, 7) is 4.46. The number of hydrogen-bond donors (Lipinski definition) is 1. The molecule has 1 aliphatic rings. The van der Waals surface area contributed by atoms with Crippen LogP contribution < -0.4 is 0 Å².